The van der Waals surface area contributed by atoms with Crippen LogP contribution in [0.4, 0.5) is 5.13 Å². The molecule has 7 nitrogen and oxygen atoms in total. The normalized spacial score (nSPS) is 14.8. The van der Waals surface area contributed by atoms with E-state index in [1.807, 2.05) is 35.7 Å². The summed E-state index contributed by atoms with van der Waals surface area (Å²) in [5.41, 5.74) is 3.29. The molecule has 0 radical (unpaired) electrons. The van der Waals surface area contributed by atoms with Crippen molar-refractivity contribution in [2.75, 3.05) is 11.6 Å². The topological polar surface area (TPSA) is 92.1 Å². The molecule has 0 atom stereocenters. The first-order valence-corrected chi connectivity index (χ1v) is 9.97. The number of carboxylic acids is 1. The van der Waals surface area contributed by atoms with E-state index in [0.717, 1.165) is 11.3 Å². The highest BCUT2D eigenvalue weighted by molar-refractivity contribution is 7.14. The zero-order chi connectivity index (χ0) is 21.1. The summed E-state index contributed by atoms with van der Waals surface area (Å²) in [5, 5.41) is 16.9. The van der Waals surface area contributed by atoms with Gasteiger partial charge in [0, 0.05) is 16.5 Å². The first kappa shape index (κ1) is 19.5. The van der Waals surface area contributed by atoms with E-state index < -0.39 is 12.6 Å². The van der Waals surface area contributed by atoms with Gasteiger partial charge in [0.05, 0.1) is 17.0 Å². The van der Waals surface area contributed by atoms with Crippen LogP contribution < -0.4 is 9.75 Å². The fourth-order valence-electron chi connectivity index (χ4n) is 2.94. The second-order valence-corrected chi connectivity index (χ2v) is 7.30. The Morgan fingerprint density at radius 1 is 1.17 bits per heavy atom. The molecule has 1 aliphatic heterocycles. The van der Waals surface area contributed by atoms with Crippen LogP contribution in [0.5, 0.6) is 5.75 Å². The number of thiazole rings is 1. The number of anilines is 1. The maximum Gasteiger partial charge on any atom is 0.341 e. The Hall–Kier alpha value is -3.78. The SMILES string of the molecule is CC1=NN(c2nc(-c3ccccc3)cs2)C(=O)C1=Cc1ccccc1OCC(=O)O. The van der Waals surface area contributed by atoms with Gasteiger partial charge in [0.25, 0.3) is 5.91 Å². The summed E-state index contributed by atoms with van der Waals surface area (Å²) >= 11 is 1.34. The predicted octanol–water partition coefficient (Wildman–Crippen LogP) is 4.08. The summed E-state index contributed by atoms with van der Waals surface area (Å²) in [4.78, 5) is 28.4. The predicted molar refractivity (Wildman–Crippen MR) is 116 cm³/mol. The zero-order valence-electron chi connectivity index (χ0n) is 16.0. The number of aromatic nitrogens is 1. The molecule has 3 aromatic rings. The molecule has 0 spiro atoms. The van der Waals surface area contributed by atoms with Crippen LogP contribution in [0.3, 0.4) is 0 Å². The highest BCUT2D eigenvalue weighted by atomic mass is 32.1. The van der Waals surface area contributed by atoms with Crippen molar-refractivity contribution in [2.24, 2.45) is 5.10 Å². The molecule has 0 saturated carbocycles. The van der Waals surface area contributed by atoms with Crippen LogP contribution in [-0.2, 0) is 9.59 Å². The number of nitrogens with zero attached hydrogens (tertiary/aromatic N) is 3. The third-order valence-corrected chi connectivity index (χ3v) is 5.19. The number of rotatable bonds is 6. The Morgan fingerprint density at radius 3 is 2.67 bits per heavy atom. The number of aliphatic carboxylic acids is 1. The second-order valence-electron chi connectivity index (χ2n) is 6.46. The highest BCUT2D eigenvalue weighted by Crippen LogP contribution is 2.32. The van der Waals surface area contributed by atoms with Crippen LogP contribution in [0.2, 0.25) is 0 Å². The Morgan fingerprint density at radius 2 is 1.90 bits per heavy atom. The summed E-state index contributed by atoms with van der Waals surface area (Å²) in [7, 11) is 0. The molecule has 8 heteroatoms. The quantitative estimate of drug-likeness (QED) is 0.608. The molecule has 1 amide bonds. The van der Waals surface area contributed by atoms with Gasteiger partial charge in [0.15, 0.2) is 6.61 Å². The minimum Gasteiger partial charge on any atom is -0.481 e. The standard InChI is InChI=1S/C22H17N3O4S/c1-14-17(11-16-9-5-6-10-19(16)29-12-20(26)27)21(28)25(24-14)22-23-18(13-30-22)15-7-3-2-4-8-15/h2-11,13H,12H2,1H3,(H,26,27). The van der Waals surface area contributed by atoms with Crippen molar-refractivity contribution in [1.29, 1.82) is 0 Å². The minimum atomic E-state index is -1.07. The molecule has 1 N–H and O–H groups in total. The van der Waals surface area contributed by atoms with Gasteiger partial charge in [-0.15, -0.1) is 11.3 Å². The van der Waals surface area contributed by atoms with Gasteiger partial charge >= 0.3 is 5.97 Å². The van der Waals surface area contributed by atoms with Gasteiger partial charge in [0.2, 0.25) is 5.13 Å². The average Bonchev–Trinajstić information content (AvgIpc) is 3.34. The molecule has 30 heavy (non-hydrogen) atoms. The number of amides is 1. The number of hydrogen-bond donors (Lipinski definition) is 1. The molecule has 1 aromatic heterocycles. The molecule has 1 aliphatic rings. The fourth-order valence-corrected chi connectivity index (χ4v) is 3.72. The minimum absolute atomic E-state index is 0.297. The summed E-state index contributed by atoms with van der Waals surface area (Å²) < 4.78 is 5.32. The molecule has 2 heterocycles. The van der Waals surface area contributed by atoms with Crippen LogP contribution in [-0.4, -0.2) is 34.3 Å². The molecule has 4 rings (SSSR count). The Labute approximate surface area is 176 Å². The van der Waals surface area contributed by atoms with Gasteiger partial charge < -0.3 is 9.84 Å². The molecule has 0 aliphatic carbocycles. The largest absolute Gasteiger partial charge is 0.481 e. The van der Waals surface area contributed by atoms with Crippen LogP contribution in [0.25, 0.3) is 17.3 Å². The summed E-state index contributed by atoms with van der Waals surface area (Å²) in [6.07, 6.45) is 1.66. The van der Waals surface area contributed by atoms with Crippen molar-refractivity contribution in [2.45, 2.75) is 6.92 Å². The number of hydrazone groups is 1. The average molecular weight is 419 g/mol. The van der Waals surface area contributed by atoms with Crippen LogP contribution in [0.1, 0.15) is 12.5 Å². The summed E-state index contributed by atoms with van der Waals surface area (Å²) in [5.74, 6) is -0.988. The van der Waals surface area contributed by atoms with E-state index in [9.17, 15) is 9.59 Å². The maximum absolute atomic E-state index is 13.0. The second kappa shape index (κ2) is 8.30. The van der Waals surface area contributed by atoms with E-state index in [4.69, 9.17) is 9.84 Å². The van der Waals surface area contributed by atoms with E-state index >= 15 is 0 Å². The van der Waals surface area contributed by atoms with E-state index in [1.165, 1.54) is 16.3 Å². The van der Waals surface area contributed by atoms with Gasteiger partial charge in [-0.05, 0) is 19.1 Å². The molecule has 2 aromatic carbocycles. The number of carbonyl (C=O) groups excluding carboxylic acids is 1. The molecule has 0 unspecified atom stereocenters. The molecule has 0 saturated heterocycles. The lowest BCUT2D eigenvalue weighted by molar-refractivity contribution is -0.139. The fraction of sp³-hybridized carbons (Fsp3) is 0.0909. The number of ether oxygens (including phenoxy) is 1. The maximum atomic E-state index is 13.0. The third kappa shape index (κ3) is 3.99. The van der Waals surface area contributed by atoms with E-state index in [2.05, 4.69) is 10.1 Å². The van der Waals surface area contributed by atoms with Crippen LogP contribution in [0.15, 0.2) is 70.7 Å². The van der Waals surface area contributed by atoms with Crippen molar-refractivity contribution >= 4 is 40.1 Å². The van der Waals surface area contributed by atoms with Gasteiger partial charge in [-0.2, -0.15) is 10.1 Å². The van der Waals surface area contributed by atoms with E-state index in [1.54, 1.807) is 37.3 Å². The highest BCUT2D eigenvalue weighted by Gasteiger charge is 2.31. The lowest BCUT2D eigenvalue weighted by atomic mass is 10.1. The molecular weight excluding hydrogens is 402 g/mol. The van der Waals surface area contributed by atoms with Crippen molar-refractivity contribution in [1.82, 2.24) is 4.98 Å². The third-order valence-electron chi connectivity index (χ3n) is 4.38. The number of carboxylic acid groups (broad SMARTS) is 1. The number of hydrogen-bond acceptors (Lipinski definition) is 6. The van der Waals surface area contributed by atoms with Crippen LogP contribution >= 0.6 is 11.3 Å². The summed E-state index contributed by atoms with van der Waals surface area (Å²) in [6.45, 7) is 1.28. The zero-order valence-corrected chi connectivity index (χ0v) is 16.8. The summed E-state index contributed by atoms with van der Waals surface area (Å²) in [6, 6.07) is 16.7. The Balaban J connectivity index is 1.61. The van der Waals surface area contributed by atoms with Crippen molar-refractivity contribution in [3.63, 3.8) is 0 Å². The number of carbonyl (C=O) groups is 2. The molecule has 0 fully saturated rings. The number of para-hydroxylation sites is 1. The first-order valence-electron chi connectivity index (χ1n) is 9.09. The lowest BCUT2D eigenvalue weighted by Crippen LogP contribution is -2.21. The Kier molecular flexibility index (Phi) is 5.40. The molecular formula is C22H17N3O4S. The van der Waals surface area contributed by atoms with Crippen molar-refractivity contribution in [3.8, 4) is 17.0 Å². The van der Waals surface area contributed by atoms with Crippen LogP contribution in [0, 0.1) is 0 Å². The van der Waals surface area contributed by atoms with Gasteiger partial charge in [-0.25, -0.2) is 9.78 Å². The monoisotopic (exact) mass is 419 g/mol. The smallest absolute Gasteiger partial charge is 0.341 e. The molecule has 0 bridgehead atoms. The number of benzene rings is 2. The van der Waals surface area contributed by atoms with Gasteiger partial charge in [0.1, 0.15) is 5.75 Å². The van der Waals surface area contributed by atoms with Gasteiger partial charge in [-0.1, -0.05) is 48.5 Å². The van der Waals surface area contributed by atoms with Crippen molar-refractivity contribution in [3.05, 3.63) is 71.1 Å². The van der Waals surface area contributed by atoms with Gasteiger partial charge in [-0.3, -0.25) is 4.79 Å². The lowest BCUT2D eigenvalue weighted by Gasteiger charge is -2.09. The van der Waals surface area contributed by atoms with Crippen molar-refractivity contribution < 1.29 is 19.4 Å². The van der Waals surface area contributed by atoms with E-state index in [0.29, 0.717) is 27.7 Å². The first-order chi connectivity index (χ1) is 14.5. The molecule has 150 valence electrons. The Bertz CT molecular complexity index is 1170. The van der Waals surface area contributed by atoms with E-state index in [-0.39, 0.29) is 5.91 Å².